The first-order valence-corrected chi connectivity index (χ1v) is 7.05. The van der Waals surface area contributed by atoms with E-state index in [-0.39, 0.29) is 5.79 Å². The van der Waals surface area contributed by atoms with Gasteiger partial charge >= 0.3 is 0 Å². The lowest BCUT2D eigenvalue weighted by Crippen LogP contribution is -2.44. The molecule has 0 unspecified atom stereocenters. The predicted molar refractivity (Wildman–Crippen MR) is 66.0 cm³/mol. The van der Waals surface area contributed by atoms with Crippen LogP contribution in [0.2, 0.25) is 0 Å². The molecule has 1 aromatic rings. The standard InChI is InChI=1S/C12H18N2O2S/c1-10-9-17-11(13-10)8-14-4-2-12(3-5-14)15-6-7-16-12/h9H,2-8H2,1H3. The van der Waals surface area contributed by atoms with Gasteiger partial charge in [0.2, 0.25) is 0 Å². The summed E-state index contributed by atoms with van der Waals surface area (Å²) < 4.78 is 11.4. The molecule has 0 bridgehead atoms. The summed E-state index contributed by atoms with van der Waals surface area (Å²) in [5.41, 5.74) is 1.13. The molecule has 1 aromatic heterocycles. The van der Waals surface area contributed by atoms with Gasteiger partial charge in [0.15, 0.2) is 5.79 Å². The van der Waals surface area contributed by atoms with Crippen LogP contribution in [0.5, 0.6) is 0 Å². The Morgan fingerprint density at radius 3 is 2.65 bits per heavy atom. The zero-order chi connectivity index (χ0) is 11.7. The minimum absolute atomic E-state index is 0.255. The van der Waals surface area contributed by atoms with E-state index in [1.165, 1.54) is 5.01 Å². The zero-order valence-corrected chi connectivity index (χ0v) is 11.0. The number of aromatic nitrogens is 1. The van der Waals surface area contributed by atoms with E-state index in [9.17, 15) is 0 Å². The van der Waals surface area contributed by atoms with E-state index in [4.69, 9.17) is 9.47 Å². The van der Waals surface area contributed by atoms with Crippen LogP contribution in [0.25, 0.3) is 0 Å². The summed E-state index contributed by atoms with van der Waals surface area (Å²) in [6.45, 7) is 6.61. The highest BCUT2D eigenvalue weighted by molar-refractivity contribution is 7.09. The topological polar surface area (TPSA) is 34.6 Å². The monoisotopic (exact) mass is 254 g/mol. The highest BCUT2D eigenvalue weighted by atomic mass is 32.1. The predicted octanol–water partition coefficient (Wildman–Crippen LogP) is 1.79. The lowest BCUT2D eigenvalue weighted by Gasteiger charge is -2.37. The molecular weight excluding hydrogens is 236 g/mol. The molecule has 2 aliphatic rings. The summed E-state index contributed by atoms with van der Waals surface area (Å²) in [6, 6.07) is 0. The van der Waals surface area contributed by atoms with Crippen LogP contribution in [0, 0.1) is 6.92 Å². The number of likely N-dealkylation sites (tertiary alicyclic amines) is 1. The molecule has 0 aromatic carbocycles. The van der Waals surface area contributed by atoms with Crippen molar-refractivity contribution in [3.63, 3.8) is 0 Å². The van der Waals surface area contributed by atoms with Crippen molar-refractivity contribution in [2.75, 3.05) is 26.3 Å². The summed E-state index contributed by atoms with van der Waals surface area (Å²) in [4.78, 5) is 6.95. The summed E-state index contributed by atoms with van der Waals surface area (Å²) >= 11 is 1.75. The minimum Gasteiger partial charge on any atom is -0.347 e. The van der Waals surface area contributed by atoms with Crippen LogP contribution < -0.4 is 0 Å². The Labute approximate surface area is 106 Å². The van der Waals surface area contributed by atoms with Crippen molar-refractivity contribution in [2.45, 2.75) is 32.1 Å². The van der Waals surface area contributed by atoms with Crippen molar-refractivity contribution in [3.8, 4) is 0 Å². The van der Waals surface area contributed by atoms with Crippen molar-refractivity contribution < 1.29 is 9.47 Å². The Balaban J connectivity index is 1.54. The van der Waals surface area contributed by atoms with E-state index in [1.54, 1.807) is 11.3 Å². The van der Waals surface area contributed by atoms with Crippen molar-refractivity contribution in [3.05, 3.63) is 16.1 Å². The molecule has 1 spiro atoms. The lowest BCUT2D eigenvalue weighted by atomic mass is 10.0. The first-order chi connectivity index (χ1) is 8.26. The van der Waals surface area contributed by atoms with E-state index in [0.29, 0.717) is 0 Å². The number of hydrogen-bond acceptors (Lipinski definition) is 5. The van der Waals surface area contributed by atoms with Gasteiger partial charge in [0, 0.05) is 37.0 Å². The fourth-order valence-electron chi connectivity index (χ4n) is 2.50. The molecule has 17 heavy (non-hydrogen) atoms. The van der Waals surface area contributed by atoms with Gasteiger partial charge in [-0.2, -0.15) is 0 Å². The number of piperidine rings is 1. The molecule has 0 aliphatic carbocycles. The molecule has 3 heterocycles. The largest absolute Gasteiger partial charge is 0.347 e. The highest BCUT2D eigenvalue weighted by Gasteiger charge is 2.39. The number of aryl methyl sites for hydroxylation is 1. The van der Waals surface area contributed by atoms with Crippen molar-refractivity contribution in [2.24, 2.45) is 0 Å². The van der Waals surface area contributed by atoms with Gasteiger partial charge in [-0.15, -0.1) is 11.3 Å². The van der Waals surface area contributed by atoms with Gasteiger partial charge in [0.05, 0.1) is 19.8 Å². The maximum Gasteiger partial charge on any atom is 0.170 e. The molecule has 3 rings (SSSR count). The quantitative estimate of drug-likeness (QED) is 0.806. The van der Waals surface area contributed by atoms with E-state index >= 15 is 0 Å². The molecule has 0 radical (unpaired) electrons. The minimum atomic E-state index is -0.255. The Hall–Kier alpha value is -0.490. The molecule has 0 atom stereocenters. The van der Waals surface area contributed by atoms with Gasteiger partial charge in [-0.3, -0.25) is 4.90 Å². The number of nitrogens with zero attached hydrogens (tertiary/aromatic N) is 2. The number of rotatable bonds is 2. The average Bonchev–Trinajstić information content (AvgIpc) is 2.93. The summed E-state index contributed by atoms with van der Waals surface area (Å²) in [5, 5.41) is 3.33. The first kappa shape index (κ1) is 11.6. The van der Waals surface area contributed by atoms with Crippen LogP contribution in [0.4, 0.5) is 0 Å². The molecule has 0 amide bonds. The maximum atomic E-state index is 5.72. The highest BCUT2D eigenvalue weighted by Crippen LogP contribution is 2.31. The van der Waals surface area contributed by atoms with Crippen LogP contribution >= 0.6 is 11.3 Å². The number of ether oxygens (including phenoxy) is 2. The van der Waals surface area contributed by atoms with Gasteiger partial charge in [-0.1, -0.05) is 0 Å². The summed E-state index contributed by atoms with van der Waals surface area (Å²) in [7, 11) is 0. The molecule has 2 saturated heterocycles. The lowest BCUT2D eigenvalue weighted by molar-refractivity contribution is -0.185. The van der Waals surface area contributed by atoms with Gasteiger partial charge in [-0.05, 0) is 6.92 Å². The third-order valence-corrected chi connectivity index (χ3v) is 4.41. The van der Waals surface area contributed by atoms with Crippen LogP contribution in [0.3, 0.4) is 0 Å². The van der Waals surface area contributed by atoms with Crippen molar-refractivity contribution >= 4 is 11.3 Å². The van der Waals surface area contributed by atoms with Gasteiger partial charge in [0.25, 0.3) is 0 Å². The smallest absolute Gasteiger partial charge is 0.170 e. The van der Waals surface area contributed by atoms with E-state index in [2.05, 4.69) is 15.3 Å². The molecule has 2 aliphatic heterocycles. The molecule has 0 N–H and O–H groups in total. The molecule has 5 heteroatoms. The summed E-state index contributed by atoms with van der Waals surface area (Å²) in [6.07, 6.45) is 1.97. The number of thiazole rings is 1. The van der Waals surface area contributed by atoms with Gasteiger partial charge in [-0.25, -0.2) is 4.98 Å². The third kappa shape index (κ3) is 2.52. The Morgan fingerprint density at radius 1 is 1.35 bits per heavy atom. The van der Waals surface area contributed by atoms with E-state index in [0.717, 1.165) is 51.4 Å². The van der Waals surface area contributed by atoms with Gasteiger partial charge < -0.3 is 9.47 Å². The molecule has 4 nitrogen and oxygen atoms in total. The zero-order valence-electron chi connectivity index (χ0n) is 10.1. The Morgan fingerprint density at radius 2 is 2.06 bits per heavy atom. The maximum absolute atomic E-state index is 5.72. The third-order valence-electron chi connectivity index (χ3n) is 3.46. The first-order valence-electron chi connectivity index (χ1n) is 6.17. The average molecular weight is 254 g/mol. The van der Waals surface area contributed by atoms with Gasteiger partial charge in [0.1, 0.15) is 5.01 Å². The Bertz CT molecular complexity index is 378. The van der Waals surface area contributed by atoms with Crippen LogP contribution in [0.1, 0.15) is 23.5 Å². The second-order valence-electron chi connectivity index (χ2n) is 4.77. The fraction of sp³-hybridized carbons (Fsp3) is 0.750. The molecule has 0 saturated carbocycles. The SMILES string of the molecule is Cc1csc(CN2CCC3(CC2)OCCO3)n1. The fourth-order valence-corrected chi connectivity index (χ4v) is 3.32. The summed E-state index contributed by atoms with van der Waals surface area (Å²) in [5.74, 6) is -0.255. The molecule has 2 fully saturated rings. The normalized spacial score (nSPS) is 24.5. The second-order valence-corrected chi connectivity index (χ2v) is 5.71. The van der Waals surface area contributed by atoms with E-state index < -0.39 is 0 Å². The van der Waals surface area contributed by atoms with Crippen LogP contribution in [-0.2, 0) is 16.0 Å². The van der Waals surface area contributed by atoms with Crippen molar-refractivity contribution in [1.29, 1.82) is 0 Å². The van der Waals surface area contributed by atoms with Crippen LogP contribution in [0.15, 0.2) is 5.38 Å². The molecule has 94 valence electrons. The molecular formula is C12H18N2O2S. The van der Waals surface area contributed by atoms with Crippen molar-refractivity contribution in [1.82, 2.24) is 9.88 Å². The van der Waals surface area contributed by atoms with E-state index in [1.807, 2.05) is 6.92 Å². The van der Waals surface area contributed by atoms with Crippen LogP contribution in [-0.4, -0.2) is 42.0 Å². The second kappa shape index (κ2) is 4.65. The number of hydrogen-bond donors (Lipinski definition) is 0. The Kier molecular flexibility index (Phi) is 3.17.